The molecular weight excluding hydrogens is 269 g/mol. The van der Waals surface area contributed by atoms with E-state index in [1.54, 1.807) is 10.6 Å². The summed E-state index contributed by atoms with van der Waals surface area (Å²) in [6.07, 6.45) is 0. The first kappa shape index (κ1) is 14.8. The third-order valence-corrected chi connectivity index (χ3v) is 3.16. The highest BCUT2D eigenvalue weighted by molar-refractivity contribution is 6.04. The smallest absolute Gasteiger partial charge is 0.272 e. The highest BCUT2D eigenvalue weighted by Gasteiger charge is 2.13. The lowest BCUT2D eigenvalue weighted by Gasteiger charge is -2.09. The number of carbonyl (C=O) groups is 1. The molecule has 4 nitrogen and oxygen atoms in total. The van der Waals surface area contributed by atoms with E-state index in [9.17, 15) is 9.18 Å². The molecule has 108 valence electrons. The van der Waals surface area contributed by atoms with E-state index in [4.69, 9.17) is 5.73 Å². The summed E-state index contributed by atoms with van der Waals surface area (Å²) in [4.78, 5) is 12.3. The maximum absolute atomic E-state index is 13.3. The fourth-order valence-corrected chi connectivity index (χ4v) is 1.90. The number of amides is 1. The third kappa shape index (κ3) is 3.30. The molecule has 0 aliphatic heterocycles. The summed E-state index contributed by atoms with van der Waals surface area (Å²) < 4.78 is 15.1. The lowest BCUT2D eigenvalue weighted by Crippen LogP contribution is -2.16. The molecule has 0 fully saturated rings. The summed E-state index contributed by atoms with van der Waals surface area (Å²) in [5, 5.41) is 2.75. The molecule has 0 unspecified atom stereocenters. The molecule has 0 aliphatic carbocycles. The van der Waals surface area contributed by atoms with Crippen molar-refractivity contribution in [2.45, 2.75) is 6.92 Å². The predicted molar refractivity (Wildman–Crippen MR) is 80.4 cm³/mol. The van der Waals surface area contributed by atoms with Gasteiger partial charge >= 0.3 is 0 Å². The Bertz CT molecular complexity index is 738. The minimum Gasteiger partial charge on any atom is -0.344 e. The van der Waals surface area contributed by atoms with Crippen LogP contribution in [-0.2, 0) is 7.05 Å². The van der Waals surface area contributed by atoms with Gasteiger partial charge in [-0.1, -0.05) is 11.8 Å². The van der Waals surface area contributed by atoms with Gasteiger partial charge in [-0.2, -0.15) is 0 Å². The van der Waals surface area contributed by atoms with E-state index < -0.39 is 5.82 Å². The van der Waals surface area contributed by atoms with Crippen molar-refractivity contribution in [1.29, 1.82) is 0 Å². The van der Waals surface area contributed by atoms with Crippen molar-refractivity contribution in [3.05, 3.63) is 53.1 Å². The number of hydrogen-bond acceptors (Lipinski definition) is 2. The maximum atomic E-state index is 13.3. The van der Waals surface area contributed by atoms with Crippen LogP contribution in [0.3, 0.4) is 0 Å². The van der Waals surface area contributed by atoms with Crippen molar-refractivity contribution < 1.29 is 9.18 Å². The number of nitrogens with zero attached hydrogens (tertiary/aromatic N) is 1. The van der Waals surface area contributed by atoms with Gasteiger partial charge in [0.1, 0.15) is 11.5 Å². The van der Waals surface area contributed by atoms with Gasteiger partial charge in [-0.25, -0.2) is 4.39 Å². The number of aryl methyl sites for hydroxylation is 1. The van der Waals surface area contributed by atoms with Crippen LogP contribution in [0.5, 0.6) is 0 Å². The number of benzene rings is 1. The summed E-state index contributed by atoms with van der Waals surface area (Å²) in [6, 6.07) is 7.63. The summed E-state index contributed by atoms with van der Waals surface area (Å²) in [5.74, 6) is 4.73. The van der Waals surface area contributed by atoms with Crippen LogP contribution in [0, 0.1) is 24.6 Å². The van der Waals surface area contributed by atoms with Crippen LogP contribution >= 0.6 is 0 Å². The van der Waals surface area contributed by atoms with Crippen LogP contribution in [0.25, 0.3) is 0 Å². The molecule has 0 aliphatic rings. The minimum atomic E-state index is -0.413. The summed E-state index contributed by atoms with van der Waals surface area (Å²) in [5.41, 5.74) is 7.68. The average molecular weight is 285 g/mol. The van der Waals surface area contributed by atoms with Gasteiger partial charge in [0.05, 0.1) is 17.8 Å². The lowest BCUT2D eigenvalue weighted by atomic mass is 10.1. The van der Waals surface area contributed by atoms with E-state index in [-0.39, 0.29) is 12.5 Å². The van der Waals surface area contributed by atoms with Gasteiger partial charge in [0.15, 0.2) is 0 Å². The van der Waals surface area contributed by atoms with E-state index in [1.165, 1.54) is 18.2 Å². The summed E-state index contributed by atoms with van der Waals surface area (Å²) in [6.45, 7) is 2.08. The molecule has 5 heteroatoms. The zero-order valence-corrected chi connectivity index (χ0v) is 11.9. The topological polar surface area (TPSA) is 60.1 Å². The fourth-order valence-electron chi connectivity index (χ4n) is 1.90. The highest BCUT2D eigenvalue weighted by Crippen LogP contribution is 2.17. The number of nitrogens with one attached hydrogen (secondary N) is 1. The second-order valence-corrected chi connectivity index (χ2v) is 4.57. The van der Waals surface area contributed by atoms with Gasteiger partial charge in [0, 0.05) is 12.7 Å². The normalized spacial score (nSPS) is 9.90. The second-order valence-electron chi connectivity index (χ2n) is 4.57. The van der Waals surface area contributed by atoms with Crippen molar-refractivity contribution >= 4 is 11.6 Å². The van der Waals surface area contributed by atoms with Crippen molar-refractivity contribution in [2.75, 3.05) is 11.9 Å². The number of hydrogen-bond donors (Lipinski definition) is 2. The monoisotopic (exact) mass is 285 g/mol. The Morgan fingerprint density at radius 3 is 2.76 bits per heavy atom. The number of halogens is 1. The molecule has 0 atom stereocenters. The molecule has 0 saturated heterocycles. The molecule has 1 aromatic carbocycles. The maximum Gasteiger partial charge on any atom is 0.272 e. The van der Waals surface area contributed by atoms with Crippen LogP contribution < -0.4 is 11.1 Å². The quantitative estimate of drug-likeness (QED) is 0.829. The Kier molecular flexibility index (Phi) is 4.41. The molecule has 1 amide bonds. The van der Waals surface area contributed by atoms with E-state index in [2.05, 4.69) is 17.2 Å². The predicted octanol–water partition coefficient (Wildman–Crippen LogP) is 2.04. The molecule has 21 heavy (non-hydrogen) atoms. The standard InChI is InChI=1S/C16H16FN3O/c1-11-5-8-15(20(11)2)16(21)19-14-7-6-13(17)10-12(14)4-3-9-18/h5-8,10H,9,18H2,1-2H3,(H,19,21). The fraction of sp³-hybridized carbons (Fsp3) is 0.188. The van der Waals surface area contributed by atoms with E-state index in [0.717, 1.165) is 5.69 Å². The Hall–Kier alpha value is -2.58. The third-order valence-electron chi connectivity index (χ3n) is 3.16. The molecule has 0 radical (unpaired) electrons. The van der Waals surface area contributed by atoms with Gasteiger partial charge < -0.3 is 15.6 Å². The van der Waals surface area contributed by atoms with E-state index in [1.807, 2.05) is 20.0 Å². The number of anilines is 1. The zero-order valence-electron chi connectivity index (χ0n) is 11.9. The zero-order chi connectivity index (χ0) is 15.4. The number of nitrogens with two attached hydrogens (primary N) is 1. The summed E-state index contributed by atoms with van der Waals surface area (Å²) >= 11 is 0. The molecular formula is C16H16FN3O. The highest BCUT2D eigenvalue weighted by atomic mass is 19.1. The Balaban J connectivity index is 2.31. The van der Waals surface area contributed by atoms with Gasteiger partial charge in [-0.15, -0.1) is 0 Å². The van der Waals surface area contributed by atoms with Gasteiger partial charge in [-0.05, 0) is 37.3 Å². The Morgan fingerprint density at radius 2 is 2.14 bits per heavy atom. The van der Waals surface area contributed by atoms with Crippen LogP contribution in [0.2, 0.25) is 0 Å². The van der Waals surface area contributed by atoms with Crippen molar-refractivity contribution in [3.8, 4) is 11.8 Å². The largest absolute Gasteiger partial charge is 0.344 e. The van der Waals surface area contributed by atoms with Crippen LogP contribution in [0.15, 0.2) is 30.3 Å². The molecule has 0 bridgehead atoms. The molecule has 3 N–H and O–H groups in total. The molecule has 2 aromatic rings. The molecule has 0 spiro atoms. The first-order valence-corrected chi connectivity index (χ1v) is 6.45. The van der Waals surface area contributed by atoms with Crippen LogP contribution in [-0.4, -0.2) is 17.0 Å². The second kappa shape index (κ2) is 6.25. The number of rotatable bonds is 2. The van der Waals surface area contributed by atoms with Crippen molar-refractivity contribution in [2.24, 2.45) is 12.8 Å². The molecule has 2 rings (SSSR count). The minimum absolute atomic E-state index is 0.168. The SMILES string of the molecule is Cc1ccc(C(=O)Nc2ccc(F)cc2C#CCN)n1C. The van der Waals surface area contributed by atoms with Crippen LogP contribution in [0.4, 0.5) is 10.1 Å². The first-order chi connectivity index (χ1) is 10.0. The van der Waals surface area contributed by atoms with E-state index in [0.29, 0.717) is 16.9 Å². The Labute approximate surface area is 122 Å². The molecule has 0 saturated carbocycles. The molecule has 1 heterocycles. The van der Waals surface area contributed by atoms with E-state index >= 15 is 0 Å². The van der Waals surface area contributed by atoms with Crippen molar-refractivity contribution in [1.82, 2.24) is 4.57 Å². The number of aromatic nitrogens is 1. The lowest BCUT2D eigenvalue weighted by molar-refractivity contribution is 0.101. The number of carbonyl (C=O) groups excluding carboxylic acids is 1. The van der Waals surface area contributed by atoms with Crippen molar-refractivity contribution in [3.63, 3.8) is 0 Å². The Morgan fingerprint density at radius 1 is 1.38 bits per heavy atom. The molecule has 1 aromatic heterocycles. The van der Waals surface area contributed by atoms with Gasteiger partial charge in [0.25, 0.3) is 5.91 Å². The van der Waals surface area contributed by atoms with Gasteiger partial charge in [-0.3, -0.25) is 4.79 Å². The van der Waals surface area contributed by atoms with Gasteiger partial charge in [0.2, 0.25) is 0 Å². The summed E-state index contributed by atoms with van der Waals surface area (Å²) in [7, 11) is 1.81. The average Bonchev–Trinajstić information content (AvgIpc) is 2.79. The first-order valence-electron chi connectivity index (χ1n) is 6.45. The van der Waals surface area contributed by atoms with Crippen LogP contribution in [0.1, 0.15) is 21.7 Å².